The van der Waals surface area contributed by atoms with Crippen LogP contribution in [0.2, 0.25) is 0 Å². The third-order valence-corrected chi connectivity index (χ3v) is 1.68. The molecule has 0 spiro atoms. The first-order valence-corrected chi connectivity index (χ1v) is 3.84. The van der Waals surface area contributed by atoms with E-state index in [1.807, 2.05) is 24.3 Å². The lowest BCUT2D eigenvalue weighted by atomic mass is 10.3. The van der Waals surface area contributed by atoms with Gasteiger partial charge in [0.05, 0.1) is 5.88 Å². The Morgan fingerprint density at radius 1 is 1.36 bits per heavy atom. The Kier molecular flexibility index (Phi) is 1.55. The average Bonchev–Trinajstić information content (AvgIpc) is 2.46. The standard InChI is InChI=1S/C8H6ClNO/c9-5-8-10-6-3-1-2-4-7(6)11-8/h1-4H,5H2. The molecule has 0 saturated heterocycles. The molecular formula is C8H6ClNO. The van der Waals surface area contributed by atoms with E-state index in [9.17, 15) is 0 Å². The number of fused-ring (bicyclic) bond motifs is 1. The quantitative estimate of drug-likeness (QED) is 0.611. The van der Waals surface area contributed by atoms with E-state index >= 15 is 0 Å². The minimum absolute atomic E-state index is 0.328. The Labute approximate surface area is 68.8 Å². The van der Waals surface area contributed by atoms with Crippen LogP contribution >= 0.6 is 11.6 Å². The summed E-state index contributed by atoms with van der Waals surface area (Å²) in [5.41, 5.74) is 1.66. The molecule has 1 aromatic heterocycles. The van der Waals surface area contributed by atoms with Gasteiger partial charge in [-0.2, -0.15) is 0 Å². The number of benzene rings is 1. The van der Waals surface area contributed by atoms with Crippen LogP contribution in [0, 0.1) is 0 Å². The van der Waals surface area contributed by atoms with Gasteiger partial charge in [0.25, 0.3) is 0 Å². The first kappa shape index (κ1) is 6.68. The van der Waals surface area contributed by atoms with Crippen LogP contribution in [-0.2, 0) is 5.88 Å². The normalized spacial score (nSPS) is 10.6. The van der Waals surface area contributed by atoms with E-state index in [0.717, 1.165) is 11.1 Å². The smallest absolute Gasteiger partial charge is 0.210 e. The van der Waals surface area contributed by atoms with Crippen molar-refractivity contribution >= 4 is 22.7 Å². The number of aromatic nitrogens is 1. The van der Waals surface area contributed by atoms with Crippen LogP contribution in [0.5, 0.6) is 0 Å². The maximum absolute atomic E-state index is 5.54. The molecule has 2 nitrogen and oxygen atoms in total. The van der Waals surface area contributed by atoms with E-state index in [-0.39, 0.29) is 0 Å². The Bertz CT molecular complexity index is 336. The zero-order valence-electron chi connectivity index (χ0n) is 5.75. The Morgan fingerprint density at radius 3 is 2.91 bits per heavy atom. The van der Waals surface area contributed by atoms with Crippen molar-refractivity contribution in [2.45, 2.75) is 5.88 Å². The van der Waals surface area contributed by atoms with Crippen LogP contribution < -0.4 is 0 Å². The van der Waals surface area contributed by atoms with Gasteiger partial charge in [0.2, 0.25) is 5.89 Å². The number of hydrogen-bond acceptors (Lipinski definition) is 2. The summed E-state index contributed by atoms with van der Waals surface area (Å²) in [6, 6.07) is 7.60. The summed E-state index contributed by atoms with van der Waals surface area (Å²) in [5, 5.41) is 0. The number of nitrogens with zero attached hydrogens (tertiary/aromatic N) is 1. The second kappa shape index (κ2) is 2.55. The van der Waals surface area contributed by atoms with Gasteiger partial charge in [0.15, 0.2) is 5.58 Å². The zero-order chi connectivity index (χ0) is 7.68. The highest BCUT2D eigenvalue weighted by molar-refractivity contribution is 6.16. The van der Waals surface area contributed by atoms with E-state index in [0.29, 0.717) is 11.8 Å². The van der Waals surface area contributed by atoms with E-state index in [1.165, 1.54) is 0 Å². The Hall–Kier alpha value is -1.02. The van der Waals surface area contributed by atoms with Gasteiger partial charge in [-0.3, -0.25) is 0 Å². The monoisotopic (exact) mass is 167 g/mol. The van der Waals surface area contributed by atoms with Crippen LogP contribution in [-0.4, -0.2) is 4.98 Å². The van der Waals surface area contributed by atoms with Crippen molar-refractivity contribution in [1.29, 1.82) is 0 Å². The van der Waals surface area contributed by atoms with Crippen molar-refractivity contribution < 1.29 is 4.42 Å². The molecule has 0 N–H and O–H groups in total. The minimum Gasteiger partial charge on any atom is -0.439 e. The minimum atomic E-state index is 0.328. The van der Waals surface area contributed by atoms with Crippen molar-refractivity contribution in [3.8, 4) is 0 Å². The van der Waals surface area contributed by atoms with Crippen LogP contribution in [0.3, 0.4) is 0 Å². The fraction of sp³-hybridized carbons (Fsp3) is 0.125. The van der Waals surface area contributed by atoms with Crippen molar-refractivity contribution in [3.63, 3.8) is 0 Å². The average molecular weight is 168 g/mol. The van der Waals surface area contributed by atoms with Gasteiger partial charge in [-0.15, -0.1) is 11.6 Å². The summed E-state index contributed by atoms with van der Waals surface area (Å²) in [7, 11) is 0. The number of alkyl halides is 1. The molecule has 0 atom stereocenters. The largest absolute Gasteiger partial charge is 0.439 e. The second-order valence-electron chi connectivity index (χ2n) is 2.21. The van der Waals surface area contributed by atoms with Crippen LogP contribution in [0.15, 0.2) is 28.7 Å². The summed E-state index contributed by atoms with van der Waals surface area (Å²) in [5.74, 6) is 0.905. The molecule has 0 radical (unpaired) electrons. The van der Waals surface area contributed by atoms with Crippen molar-refractivity contribution in [3.05, 3.63) is 30.2 Å². The first-order valence-electron chi connectivity index (χ1n) is 3.30. The molecule has 3 heteroatoms. The fourth-order valence-electron chi connectivity index (χ4n) is 0.977. The number of rotatable bonds is 1. The molecule has 2 aromatic rings. The topological polar surface area (TPSA) is 26.0 Å². The van der Waals surface area contributed by atoms with E-state index < -0.39 is 0 Å². The number of oxazole rings is 1. The Balaban J connectivity index is 2.69. The molecule has 0 aliphatic rings. The van der Waals surface area contributed by atoms with Gasteiger partial charge in [0.1, 0.15) is 5.52 Å². The number of hydrogen-bond donors (Lipinski definition) is 0. The van der Waals surface area contributed by atoms with Crippen LogP contribution in [0.4, 0.5) is 0 Å². The van der Waals surface area contributed by atoms with E-state index in [2.05, 4.69) is 4.98 Å². The lowest BCUT2D eigenvalue weighted by Gasteiger charge is -1.80. The highest BCUT2D eigenvalue weighted by Crippen LogP contribution is 2.15. The maximum atomic E-state index is 5.54. The maximum Gasteiger partial charge on any atom is 0.210 e. The summed E-state index contributed by atoms with van der Waals surface area (Å²) >= 11 is 5.54. The Morgan fingerprint density at radius 2 is 2.18 bits per heavy atom. The molecule has 0 amide bonds. The van der Waals surface area contributed by atoms with Gasteiger partial charge in [-0.05, 0) is 12.1 Å². The molecule has 0 saturated carbocycles. The number of para-hydroxylation sites is 2. The third kappa shape index (κ3) is 1.10. The summed E-state index contributed by atoms with van der Waals surface area (Å²) in [6.07, 6.45) is 0. The zero-order valence-corrected chi connectivity index (χ0v) is 6.51. The molecule has 2 rings (SSSR count). The second-order valence-corrected chi connectivity index (χ2v) is 2.48. The number of halogens is 1. The van der Waals surface area contributed by atoms with E-state index in [4.69, 9.17) is 16.0 Å². The summed E-state index contributed by atoms with van der Waals surface area (Å²) < 4.78 is 5.27. The van der Waals surface area contributed by atoms with Gasteiger partial charge in [0, 0.05) is 0 Å². The van der Waals surface area contributed by atoms with Gasteiger partial charge >= 0.3 is 0 Å². The highest BCUT2D eigenvalue weighted by Gasteiger charge is 2.01. The van der Waals surface area contributed by atoms with Crippen molar-refractivity contribution in [2.24, 2.45) is 0 Å². The highest BCUT2D eigenvalue weighted by atomic mass is 35.5. The molecule has 0 fully saturated rings. The van der Waals surface area contributed by atoms with Crippen molar-refractivity contribution in [2.75, 3.05) is 0 Å². The lowest BCUT2D eigenvalue weighted by Crippen LogP contribution is -1.72. The molecule has 1 aromatic carbocycles. The molecule has 0 aliphatic heterocycles. The summed E-state index contributed by atoms with van der Waals surface area (Å²) in [6.45, 7) is 0. The van der Waals surface area contributed by atoms with Gasteiger partial charge in [-0.25, -0.2) is 4.98 Å². The van der Waals surface area contributed by atoms with Crippen LogP contribution in [0.1, 0.15) is 5.89 Å². The van der Waals surface area contributed by atoms with Gasteiger partial charge < -0.3 is 4.42 Å². The van der Waals surface area contributed by atoms with E-state index in [1.54, 1.807) is 0 Å². The predicted octanol–water partition coefficient (Wildman–Crippen LogP) is 2.57. The van der Waals surface area contributed by atoms with Gasteiger partial charge in [-0.1, -0.05) is 12.1 Å². The molecule has 56 valence electrons. The molecule has 11 heavy (non-hydrogen) atoms. The van der Waals surface area contributed by atoms with Crippen LogP contribution in [0.25, 0.3) is 11.1 Å². The fourth-order valence-corrected chi connectivity index (χ4v) is 1.09. The van der Waals surface area contributed by atoms with Crippen molar-refractivity contribution in [1.82, 2.24) is 4.98 Å². The molecular weight excluding hydrogens is 162 g/mol. The third-order valence-electron chi connectivity index (χ3n) is 1.45. The first-order chi connectivity index (χ1) is 5.40. The predicted molar refractivity (Wildman–Crippen MR) is 43.6 cm³/mol. The molecule has 0 bridgehead atoms. The molecule has 0 aliphatic carbocycles. The summed E-state index contributed by atoms with van der Waals surface area (Å²) in [4.78, 5) is 4.13. The molecule has 1 heterocycles. The lowest BCUT2D eigenvalue weighted by molar-refractivity contribution is 0.555. The molecule has 0 unspecified atom stereocenters. The SMILES string of the molecule is ClCc1nc2ccccc2o1.